The summed E-state index contributed by atoms with van der Waals surface area (Å²) < 4.78 is 0. The van der Waals surface area contributed by atoms with Gasteiger partial charge in [-0.3, -0.25) is 4.79 Å². The molecule has 0 saturated heterocycles. The van der Waals surface area contributed by atoms with Crippen LogP contribution in [0, 0.1) is 13.8 Å². The zero-order valence-electron chi connectivity index (χ0n) is 10.8. The van der Waals surface area contributed by atoms with Gasteiger partial charge >= 0.3 is 0 Å². The van der Waals surface area contributed by atoms with Crippen LogP contribution in [-0.4, -0.2) is 11.9 Å². The van der Waals surface area contributed by atoms with E-state index < -0.39 is 0 Å². The molecule has 1 aromatic rings. The van der Waals surface area contributed by atoms with Crippen LogP contribution in [-0.2, 0) is 11.2 Å². The first-order valence-electron chi connectivity index (χ1n) is 6.50. The van der Waals surface area contributed by atoms with Gasteiger partial charge in [0.25, 0.3) is 0 Å². The van der Waals surface area contributed by atoms with Gasteiger partial charge in [0.2, 0.25) is 5.91 Å². The van der Waals surface area contributed by atoms with Gasteiger partial charge in [0.15, 0.2) is 0 Å². The SMILES string of the molecule is Cc1ccc(CC(=O)NC2CCCC2)cc1C. The van der Waals surface area contributed by atoms with E-state index in [1.165, 1.54) is 24.0 Å². The van der Waals surface area contributed by atoms with Crippen LogP contribution in [0.3, 0.4) is 0 Å². The lowest BCUT2D eigenvalue weighted by molar-refractivity contribution is -0.121. The maximum Gasteiger partial charge on any atom is 0.224 e. The molecule has 0 atom stereocenters. The first-order valence-corrected chi connectivity index (χ1v) is 6.50. The Hall–Kier alpha value is -1.31. The molecule has 1 saturated carbocycles. The lowest BCUT2D eigenvalue weighted by atomic mass is 10.0. The minimum atomic E-state index is 0.167. The standard InChI is InChI=1S/C15H21NO/c1-11-7-8-13(9-12(11)2)10-15(17)16-14-5-3-4-6-14/h7-9,14H,3-6,10H2,1-2H3,(H,16,17). The predicted molar refractivity (Wildman–Crippen MR) is 70.0 cm³/mol. The van der Waals surface area contributed by atoms with Crippen molar-refractivity contribution in [3.05, 3.63) is 34.9 Å². The zero-order chi connectivity index (χ0) is 12.3. The van der Waals surface area contributed by atoms with Gasteiger partial charge in [-0.2, -0.15) is 0 Å². The fraction of sp³-hybridized carbons (Fsp3) is 0.533. The van der Waals surface area contributed by atoms with Crippen molar-refractivity contribution in [2.45, 2.75) is 52.0 Å². The highest BCUT2D eigenvalue weighted by molar-refractivity contribution is 5.79. The van der Waals surface area contributed by atoms with E-state index in [-0.39, 0.29) is 5.91 Å². The molecule has 2 nitrogen and oxygen atoms in total. The van der Waals surface area contributed by atoms with Gasteiger partial charge in [-0.1, -0.05) is 31.0 Å². The van der Waals surface area contributed by atoms with E-state index in [1.807, 2.05) is 0 Å². The first kappa shape index (κ1) is 12.2. The third kappa shape index (κ3) is 3.32. The topological polar surface area (TPSA) is 29.1 Å². The fourth-order valence-corrected chi connectivity index (χ4v) is 2.45. The van der Waals surface area contributed by atoms with Crippen molar-refractivity contribution < 1.29 is 4.79 Å². The summed E-state index contributed by atoms with van der Waals surface area (Å²) in [6.45, 7) is 4.19. The molecule has 0 radical (unpaired) electrons. The number of amides is 1. The molecular weight excluding hydrogens is 210 g/mol. The third-order valence-corrected chi connectivity index (χ3v) is 3.66. The van der Waals surface area contributed by atoms with Crippen molar-refractivity contribution in [1.82, 2.24) is 5.32 Å². The Morgan fingerprint density at radius 3 is 2.59 bits per heavy atom. The molecule has 2 rings (SSSR count). The Kier molecular flexibility index (Phi) is 3.82. The largest absolute Gasteiger partial charge is 0.353 e. The summed E-state index contributed by atoms with van der Waals surface area (Å²) in [7, 11) is 0. The van der Waals surface area contributed by atoms with E-state index in [0.29, 0.717) is 12.5 Å². The summed E-state index contributed by atoms with van der Waals surface area (Å²) in [5, 5.41) is 3.12. The maximum atomic E-state index is 11.9. The molecule has 92 valence electrons. The number of hydrogen-bond donors (Lipinski definition) is 1. The van der Waals surface area contributed by atoms with Crippen LogP contribution in [0.1, 0.15) is 42.4 Å². The molecule has 0 spiro atoms. The van der Waals surface area contributed by atoms with Gasteiger partial charge in [-0.25, -0.2) is 0 Å². The lowest BCUT2D eigenvalue weighted by Gasteiger charge is -2.12. The predicted octanol–water partition coefficient (Wildman–Crippen LogP) is 2.90. The molecule has 2 heteroatoms. The number of carbonyl (C=O) groups is 1. The average molecular weight is 231 g/mol. The zero-order valence-corrected chi connectivity index (χ0v) is 10.8. The van der Waals surface area contributed by atoms with Crippen LogP contribution in [0.5, 0.6) is 0 Å². The summed E-state index contributed by atoms with van der Waals surface area (Å²) in [6.07, 6.45) is 5.33. The van der Waals surface area contributed by atoms with Gasteiger partial charge in [0.05, 0.1) is 6.42 Å². The Morgan fingerprint density at radius 2 is 1.94 bits per heavy atom. The average Bonchev–Trinajstić information content (AvgIpc) is 2.76. The van der Waals surface area contributed by atoms with E-state index >= 15 is 0 Å². The van der Waals surface area contributed by atoms with Crippen molar-refractivity contribution in [2.75, 3.05) is 0 Å². The molecule has 1 fully saturated rings. The Bertz CT molecular complexity index is 405. The molecule has 1 aliphatic carbocycles. The van der Waals surface area contributed by atoms with E-state index in [2.05, 4.69) is 37.4 Å². The van der Waals surface area contributed by atoms with Gasteiger partial charge in [0, 0.05) is 6.04 Å². The molecular formula is C15H21NO. The molecule has 0 heterocycles. The van der Waals surface area contributed by atoms with Crippen molar-refractivity contribution in [1.29, 1.82) is 0 Å². The monoisotopic (exact) mass is 231 g/mol. The minimum absolute atomic E-state index is 0.167. The number of carbonyl (C=O) groups excluding carboxylic acids is 1. The first-order chi connectivity index (χ1) is 8.15. The van der Waals surface area contributed by atoms with Crippen LogP contribution in [0.2, 0.25) is 0 Å². The fourth-order valence-electron chi connectivity index (χ4n) is 2.45. The van der Waals surface area contributed by atoms with Gasteiger partial charge in [0.1, 0.15) is 0 Å². The molecule has 0 bridgehead atoms. The smallest absolute Gasteiger partial charge is 0.224 e. The lowest BCUT2D eigenvalue weighted by Crippen LogP contribution is -2.33. The number of benzene rings is 1. The quantitative estimate of drug-likeness (QED) is 0.851. The summed E-state index contributed by atoms with van der Waals surface area (Å²) in [4.78, 5) is 11.9. The van der Waals surface area contributed by atoms with Crippen molar-refractivity contribution in [3.63, 3.8) is 0 Å². The normalized spacial score (nSPS) is 16.1. The summed E-state index contributed by atoms with van der Waals surface area (Å²) in [5.74, 6) is 0.167. The second-order valence-electron chi connectivity index (χ2n) is 5.14. The number of hydrogen-bond acceptors (Lipinski definition) is 1. The van der Waals surface area contributed by atoms with Crippen molar-refractivity contribution in [2.24, 2.45) is 0 Å². The van der Waals surface area contributed by atoms with Crippen molar-refractivity contribution in [3.8, 4) is 0 Å². The molecule has 1 aromatic carbocycles. The Labute approximate surface area is 103 Å². The molecule has 17 heavy (non-hydrogen) atoms. The van der Waals surface area contributed by atoms with Gasteiger partial charge in [-0.15, -0.1) is 0 Å². The Balaban J connectivity index is 1.90. The number of rotatable bonds is 3. The molecule has 0 aromatic heterocycles. The van der Waals surface area contributed by atoms with Crippen LogP contribution < -0.4 is 5.32 Å². The van der Waals surface area contributed by atoms with E-state index in [9.17, 15) is 4.79 Å². The van der Waals surface area contributed by atoms with Crippen LogP contribution in [0.25, 0.3) is 0 Å². The van der Waals surface area contributed by atoms with Crippen molar-refractivity contribution >= 4 is 5.91 Å². The minimum Gasteiger partial charge on any atom is -0.353 e. The highest BCUT2D eigenvalue weighted by Gasteiger charge is 2.17. The summed E-state index contributed by atoms with van der Waals surface area (Å²) in [6, 6.07) is 6.68. The van der Waals surface area contributed by atoms with Gasteiger partial charge in [-0.05, 0) is 43.4 Å². The van der Waals surface area contributed by atoms with E-state index in [0.717, 1.165) is 18.4 Å². The molecule has 1 aliphatic rings. The number of aryl methyl sites for hydroxylation is 2. The second-order valence-corrected chi connectivity index (χ2v) is 5.14. The highest BCUT2D eigenvalue weighted by atomic mass is 16.1. The molecule has 1 N–H and O–H groups in total. The van der Waals surface area contributed by atoms with E-state index in [1.54, 1.807) is 0 Å². The summed E-state index contributed by atoms with van der Waals surface area (Å²) >= 11 is 0. The van der Waals surface area contributed by atoms with Gasteiger partial charge < -0.3 is 5.32 Å². The van der Waals surface area contributed by atoms with Crippen LogP contribution in [0.15, 0.2) is 18.2 Å². The Morgan fingerprint density at radius 1 is 1.24 bits per heavy atom. The van der Waals surface area contributed by atoms with E-state index in [4.69, 9.17) is 0 Å². The maximum absolute atomic E-state index is 11.9. The molecule has 0 aliphatic heterocycles. The van der Waals surface area contributed by atoms with Crippen LogP contribution in [0.4, 0.5) is 0 Å². The van der Waals surface area contributed by atoms with Crippen LogP contribution >= 0.6 is 0 Å². The second kappa shape index (κ2) is 5.35. The highest BCUT2D eigenvalue weighted by Crippen LogP contribution is 2.18. The number of nitrogens with one attached hydrogen (secondary N) is 1. The molecule has 1 amide bonds. The summed E-state index contributed by atoms with van der Waals surface area (Å²) in [5.41, 5.74) is 3.66. The molecule has 0 unspecified atom stereocenters. The third-order valence-electron chi connectivity index (χ3n) is 3.66.